The standard InChI is InChI=1S/C16H22Cl2N2O3S/c1-12(2)6-7-15(21)19-8-10-20(11-9-19)24(22,23)14-5-3-4-13(17)16(14)18/h3-5,12H,6-11H2,1-2H3. The maximum Gasteiger partial charge on any atom is 0.244 e. The summed E-state index contributed by atoms with van der Waals surface area (Å²) in [6.45, 7) is 5.47. The normalized spacial score (nSPS) is 16.6. The van der Waals surface area contributed by atoms with E-state index in [2.05, 4.69) is 13.8 Å². The molecule has 1 saturated heterocycles. The van der Waals surface area contributed by atoms with Crippen LogP contribution in [0, 0.1) is 5.92 Å². The van der Waals surface area contributed by atoms with Crippen molar-refractivity contribution in [3.8, 4) is 0 Å². The molecule has 134 valence electrons. The summed E-state index contributed by atoms with van der Waals surface area (Å²) in [4.78, 5) is 13.9. The Bertz CT molecular complexity index is 699. The maximum absolute atomic E-state index is 12.7. The van der Waals surface area contributed by atoms with Crippen molar-refractivity contribution >= 4 is 39.1 Å². The number of rotatable bonds is 5. The molecule has 0 aromatic heterocycles. The van der Waals surface area contributed by atoms with Crippen molar-refractivity contribution in [2.75, 3.05) is 26.2 Å². The van der Waals surface area contributed by atoms with Crippen LogP contribution in [-0.4, -0.2) is 49.7 Å². The molecule has 0 saturated carbocycles. The fraction of sp³-hybridized carbons (Fsp3) is 0.562. The van der Waals surface area contributed by atoms with E-state index in [0.717, 1.165) is 6.42 Å². The van der Waals surface area contributed by atoms with E-state index in [1.165, 1.54) is 10.4 Å². The number of nitrogens with zero attached hydrogens (tertiary/aromatic N) is 2. The van der Waals surface area contributed by atoms with Gasteiger partial charge in [-0.3, -0.25) is 4.79 Å². The highest BCUT2D eigenvalue weighted by molar-refractivity contribution is 7.89. The SMILES string of the molecule is CC(C)CCC(=O)N1CCN(S(=O)(=O)c2cccc(Cl)c2Cl)CC1. The Morgan fingerprint density at radius 1 is 1.17 bits per heavy atom. The molecule has 5 nitrogen and oxygen atoms in total. The smallest absolute Gasteiger partial charge is 0.244 e. The van der Waals surface area contributed by atoms with Crippen LogP contribution in [-0.2, 0) is 14.8 Å². The lowest BCUT2D eigenvalue weighted by Crippen LogP contribution is -2.50. The summed E-state index contributed by atoms with van der Waals surface area (Å²) in [5.74, 6) is 0.558. The molecule has 0 radical (unpaired) electrons. The predicted octanol–water partition coefficient (Wildman–Crippen LogP) is 3.26. The second kappa shape index (κ2) is 8.04. The fourth-order valence-corrected chi connectivity index (χ4v) is 4.73. The second-order valence-electron chi connectivity index (χ2n) is 6.27. The fourth-order valence-electron chi connectivity index (χ4n) is 2.57. The van der Waals surface area contributed by atoms with Crippen molar-refractivity contribution in [3.05, 3.63) is 28.2 Å². The number of piperazine rings is 1. The summed E-state index contributed by atoms with van der Waals surface area (Å²) in [5, 5.41) is 0.245. The minimum absolute atomic E-state index is 0.0104. The molecule has 1 aliphatic heterocycles. The van der Waals surface area contributed by atoms with Crippen LogP contribution >= 0.6 is 23.2 Å². The largest absolute Gasteiger partial charge is 0.340 e. The average Bonchev–Trinajstić information content (AvgIpc) is 2.55. The minimum Gasteiger partial charge on any atom is -0.340 e. The van der Waals surface area contributed by atoms with Gasteiger partial charge in [-0.15, -0.1) is 0 Å². The van der Waals surface area contributed by atoms with E-state index < -0.39 is 10.0 Å². The van der Waals surface area contributed by atoms with Crippen molar-refractivity contribution in [3.63, 3.8) is 0 Å². The van der Waals surface area contributed by atoms with Crippen LogP contribution in [0.2, 0.25) is 10.0 Å². The lowest BCUT2D eigenvalue weighted by Gasteiger charge is -2.34. The number of carbonyl (C=O) groups excluding carboxylic acids is 1. The van der Waals surface area contributed by atoms with Crippen LogP contribution in [0.5, 0.6) is 0 Å². The van der Waals surface area contributed by atoms with Crippen LogP contribution in [0.3, 0.4) is 0 Å². The first kappa shape index (κ1) is 19.5. The number of halogens is 2. The van der Waals surface area contributed by atoms with Gasteiger partial charge in [0, 0.05) is 32.6 Å². The lowest BCUT2D eigenvalue weighted by atomic mass is 10.1. The van der Waals surface area contributed by atoms with Crippen LogP contribution < -0.4 is 0 Å². The van der Waals surface area contributed by atoms with E-state index in [0.29, 0.717) is 25.4 Å². The quantitative estimate of drug-likeness (QED) is 0.772. The molecule has 0 bridgehead atoms. The number of benzene rings is 1. The zero-order chi connectivity index (χ0) is 17.9. The van der Waals surface area contributed by atoms with Gasteiger partial charge in [-0.25, -0.2) is 8.42 Å². The third kappa shape index (κ3) is 4.42. The Morgan fingerprint density at radius 3 is 2.38 bits per heavy atom. The van der Waals surface area contributed by atoms with Gasteiger partial charge in [0.2, 0.25) is 15.9 Å². The molecule has 1 amide bonds. The Morgan fingerprint density at radius 2 is 1.79 bits per heavy atom. The van der Waals surface area contributed by atoms with E-state index >= 15 is 0 Å². The van der Waals surface area contributed by atoms with Crippen molar-refractivity contribution in [2.45, 2.75) is 31.6 Å². The zero-order valence-electron chi connectivity index (χ0n) is 13.8. The molecular weight excluding hydrogens is 371 g/mol. The molecule has 1 fully saturated rings. The van der Waals surface area contributed by atoms with E-state index in [1.54, 1.807) is 17.0 Å². The second-order valence-corrected chi connectivity index (χ2v) is 8.96. The molecule has 1 aromatic carbocycles. The van der Waals surface area contributed by atoms with Crippen LogP contribution in [0.4, 0.5) is 0 Å². The molecule has 1 aromatic rings. The molecule has 1 aliphatic rings. The van der Waals surface area contributed by atoms with Gasteiger partial charge in [0.1, 0.15) is 4.90 Å². The van der Waals surface area contributed by atoms with Crippen molar-refractivity contribution in [1.29, 1.82) is 0 Å². The summed E-state index contributed by atoms with van der Waals surface area (Å²) < 4.78 is 26.8. The molecular formula is C16H22Cl2N2O3S. The first-order chi connectivity index (χ1) is 11.2. The molecule has 0 N–H and O–H groups in total. The number of hydrogen-bond acceptors (Lipinski definition) is 3. The Kier molecular flexibility index (Phi) is 6.53. The number of amides is 1. The van der Waals surface area contributed by atoms with Crippen LogP contribution in [0.15, 0.2) is 23.1 Å². The first-order valence-corrected chi connectivity index (χ1v) is 10.1. The van der Waals surface area contributed by atoms with Gasteiger partial charge in [0.05, 0.1) is 10.0 Å². The molecule has 0 aliphatic carbocycles. The summed E-state index contributed by atoms with van der Waals surface area (Å²) in [5.41, 5.74) is 0. The monoisotopic (exact) mass is 392 g/mol. The van der Waals surface area contributed by atoms with Gasteiger partial charge in [0.15, 0.2) is 0 Å². The summed E-state index contributed by atoms with van der Waals surface area (Å²) in [6.07, 6.45) is 1.35. The average molecular weight is 393 g/mol. The topological polar surface area (TPSA) is 57.7 Å². The highest BCUT2D eigenvalue weighted by Crippen LogP contribution is 2.31. The van der Waals surface area contributed by atoms with E-state index in [1.807, 2.05) is 0 Å². The van der Waals surface area contributed by atoms with Crippen LogP contribution in [0.1, 0.15) is 26.7 Å². The molecule has 0 spiro atoms. The number of sulfonamides is 1. The molecule has 24 heavy (non-hydrogen) atoms. The molecule has 8 heteroatoms. The Balaban J connectivity index is 2.03. The van der Waals surface area contributed by atoms with Crippen LogP contribution in [0.25, 0.3) is 0 Å². The first-order valence-electron chi connectivity index (χ1n) is 7.95. The minimum atomic E-state index is -3.71. The van der Waals surface area contributed by atoms with Gasteiger partial charge in [-0.2, -0.15) is 4.31 Å². The Hall–Kier alpha value is -0.820. The van der Waals surface area contributed by atoms with E-state index in [9.17, 15) is 13.2 Å². The summed E-state index contributed by atoms with van der Waals surface area (Å²) in [6, 6.07) is 4.56. The van der Waals surface area contributed by atoms with Crippen molar-refractivity contribution in [1.82, 2.24) is 9.21 Å². The summed E-state index contributed by atoms with van der Waals surface area (Å²) in [7, 11) is -3.71. The van der Waals surface area contributed by atoms with E-state index in [4.69, 9.17) is 23.2 Å². The highest BCUT2D eigenvalue weighted by Gasteiger charge is 2.31. The molecule has 0 atom stereocenters. The van der Waals surface area contributed by atoms with Crippen molar-refractivity contribution in [2.24, 2.45) is 5.92 Å². The van der Waals surface area contributed by atoms with Gasteiger partial charge in [-0.1, -0.05) is 43.1 Å². The molecule has 2 rings (SSSR count). The van der Waals surface area contributed by atoms with Gasteiger partial charge in [0.25, 0.3) is 0 Å². The van der Waals surface area contributed by atoms with Gasteiger partial charge >= 0.3 is 0 Å². The van der Waals surface area contributed by atoms with Crippen molar-refractivity contribution < 1.29 is 13.2 Å². The zero-order valence-corrected chi connectivity index (χ0v) is 16.2. The Labute approximate surface area is 153 Å². The van der Waals surface area contributed by atoms with Gasteiger partial charge < -0.3 is 4.90 Å². The molecule has 1 heterocycles. The lowest BCUT2D eigenvalue weighted by molar-refractivity contribution is -0.132. The highest BCUT2D eigenvalue weighted by atomic mass is 35.5. The third-order valence-electron chi connectivity index (χ3n) is 4.06. The third-order valence-corrected chi connectivity index (χ3v) is 6.93. The maximum atomic E-state index is 12.7. The predicted molar refractivity (Wildman–Crippen MR) is 95.9 cm³/mol. The van der Waals surface area contributed by atoms with Gasteiger partial charge in [-0.05, 0) is 24.5 Å². The molecule has 0 unspecified atom stereocenters. The summed E-state index contributed by atoms with van der Waals surface area (Å²) >= 11 is 12.0. The number of carbonyl (C=O) groups is 1. The van der Waals surface area contributed by atoms with E-state index in [-0.39, 0.29) is 33.9 Å². The number of hydrogen-bond donors (Lipinski definition) is 0.